The normalized spacial score (nSPS) is 10.6. The molecule has 0 bridgehead atoms. The summed E-state index contributed by atoms with van der Waals surface area (Å²) < 4.78 is 12.5. The minimum Gasteiger partial charge on any atom is -0.493 e. The van der Waals surface area contributed by atoms with Gasteiger partial charge < -0.3 is 14.4 Å². The van der Waals surface area contributed by atoms with Crippen LogP contribution in [0.1, 0.15) is 24.5 Å². The molecule has 0 unspecified atom stereocenters. The lowest BCUT2D eigenvalue weighted by Crippen LogP contribution is -2.30. The molecule has 0 fully saturated rings. The summed E-state index contributed by atoms with van der Waals surface area (Å²) >= 11 is 0. The average Bonchev–Trinajstić information content (AvgIpc) is 3.25. The molecule has 2 aromatic carbocycles. The maximum Gasteiger partial charge on any atom is 0.223 e. The molecule has 3 rings (SSSR count). The molecule has 6 heteroatoms. The van der Waals surface area contributed by atoms with Gasteiger partial charge in [0.05, 0.1) is 26.1 Å². The van der Waals surface area contributed by atoms with Crippen LogP contribution >= 0.6 is 0 Å². The van der Waals surface area contributed by atoms with Gasteiger partial charge in [0, 0.05) is 25.7 Å². The van der Waals surface area contributed by atoms with E-state index in [0.717, 1.165) is 16.8 Å². The predicted octanol–water partition coefficient (Wildman–Crippen LogP) is 3.87. The Hall–Kier alpha value is -3.28. The van der Waals surface area contributed by atoms with E-state index >= 15 is 0 Å². The van der Waals surface area contributed by atoms with Crippen molar-refractivity contribution in [3.05, 3.63) is 72.1 Å². The van der Waals surface area contributed by atoms with Crippen LogP contribution in [-0.4, -0.2) is 41.4 Å². The van der Waals surface area contributed by atoms with Gasteiger partial charge in [-0.05, 0) is 48.7 Å². The van der Waals surface area contributed by atoms with Crippen molar-refractivity contribution < 1.29 is 14.3 Å². The van der Waals surface area contributed by atoms with Crippen molar-refractivity contribution in [3.8, 4) is 17.2 Å². The minimum atomic E-state index is 0.120. The summed E-state index contributed by atoms with van der Waals surface area (Å²) in [5.41, 5.74) is 3.06. The van der Waals surface area contributed by atoms with Crippen LogP contribution in [0.25, 0.3) is 5.69 Å². The Morgan fingerprint density at radius 3 is 2.48 bits per heavy atom. The van der Waals surface area contributed by atoms with Gasteiger partial charge in [-0.15, -0.1) is 0 Å². The molecule has 0 saturated carbocycles. The molecular formula is C23H27N3O3. The Bertz CT molecular complexity index is 938. The fourth-order valence-corrected chi connectivity index (χ4v) is 3.20. The molecule has 1 aromatic heterocycles. The SMILES string of the molecule is CCN(Cc1ccc(OC)c(OC)c1)C(=O)CCc1cnn(-c2ccccc2)c1. The Kier molecular flexibility index (Phi) is 6.89. The van der Waals surface area contributed by atoms with E-state index in [4.69, 9.17) is 9.47 Å². The van der Waals surface area contributed by atoms with Gasteiger partial charge in [0.15, 0.2) is 11.5 Å². The standard InChI is InChI=1S/C23H27N3O3/c1-4-25(16-18-10-12-21(28-2)22(14-18)29-3)23(27)13-11-19-15-24-26(17-19)20-8-6-5-7-9-20/h5-10,12,14-15,17H,4,11,13,16H2,1-3H3. The van der Waals surface area contributed by atoms with Crippen LogP contribution in [0.15, 0.2) is 60.9 Å². The van der Waals surface area contributed by atoms with E-state index in [1.807, 2.05) is 77.4 Å². The summed E-state index contributed by atoms with van der Waals surface area (Å²) in [6.45, 7) is 3.18. The zero-order valence-electron chi connectivity index (χ0n) is 17.2. The highest BCUT2D eigenvalue weighted by Crippen LogP contribution is 2.28. The number of carbonyl (C=O) groups excluding carboxylic acids is 1. The lowest BCUT2D eigenvalue weighted by atomic mass is 10.1. The van der Waals surface area contributed by atoms with Crippen LogP contribution in [0.2, 0.25) is 0 Å². The number of rotatable bonds is 9. The summed E-state index contributed by atoms with van der Waals surface area (Å²) in [5, 5.41) is 4.40. The van der Waals surface area contributed by atoms with E-state index in [-0.39, 0.29) is 5.91 Å². The fraction of sp³-hybridized carbons (Fsp3) is 0.304. The molecule has 0 aliphatic carbocycles. The number of aryl methyl sites for hydroxylation is 1. The first kappa shape index (κ1) is 20.5. The van der Waals surface area contributed by atoms with Crippen molar-refractivity contribution >= 4 is 5.91 Å². The van der Waals surface area contributed by atoms with Crippen LogP contribution in [0, 0.1) is 0 Å². The van der Waals surface area contributed by atoms with E-state index in [1.54, 1.807) is 14.2 Å². The summed E-state index contributed by atoms with van der Waals surface area (Å²) in [7, 11) is 3.22. The number of para-hydroxylation sites is 1. The van der Waals surface area contributed by atoms with E-state index in [9.17, 15) is 4.79 Å². The second kappa shape index (κ2) is 9.78. The molecule has 29 heavy (non-hydrogen) atoms. The van der Waals surface area contributed by atoms with Gasteiger partial charge in [-0.1, -0.05) is 24.3 Å². The Balaban J connectivity index is 1.60. The summed E-state index contributed by atoms with van der Waals surface area (Å²) in [4.78, 5) is 14.6. The number of carbonyl (C=O) groups is 1. The van der Waals surface area contributed by atoms with Crippen LogP contribution in [0.3, 0.4) is 0 Å². The summed E-state index contributed by atoms with van der Waals surface area (Å²) in [5.74, 6) is 1.47. The van der Waals surface area contributed by atoms with Crippen molar-refractivity contribution in [1.29, 1.82) is 0 Å². The first-order valence-electron chi connectivity index (χ1n) is 9.72. The Morgan fingerprint density at radius 1 is 1.03 bits per heavy atom. The number of amides is 1. The molecule has 0 N–H and O–H groups in total. The molecular weight excluding hydrogens is 366 g/mol. The van der Waals surface area contributed by atoms with E-state index in [0.29, 0.717) is 37.4 Å². The van der Waals surface area contributed by atoms with Gasteiger partial charge in [-0.25, -0.2) is 4.68 Å². The van der Waals surface area contributed by atoms with Gasteiger partial charge in [0.25, 0.3) is 0 Å². The van der Waals surface area contributed by atoms with Crippen molar-refractivity contribution in [2.24, 2.45) is 0 Å². The summed E-state index contributed by atoms with van der Waals surface area (Å²) in [6.07, 6.45) is 4.91. The zero-order chi connectivity index (χ0) is 20.6. The van der Waals surface area contributed by atoms with Gasteiger partial charge in [0.2, 0.25) is 5.91 Å². The second-order valence-corrected chi connectivity index (χ2v) is 6.73. The molecule has 0 saturated heterocycles. The average molecular weight is 393 g/mol. The summed E-state index contributed by atoms with van der Waals surface area (Å²) in [6, 6.07) is 15.7. The van der Waals surface area contributed by atoms with E-state index in [1.165, 1.54) is 0 Å². The Morgan fingerprint density at radius 2 is 1.79 bits per heavy atom. The highest BCUT2D eigenvalue weighted by atomic mass is 16.5. The zero-order valence-corrected chi connectivity index (χ0v) is 17.2. The third kappa shape index (κ3) is 5.16. The highest BCUT2D eigenvalue weighted by molar-refractivity contribution is 5.76. The third-order valence-corrected chi connectivity index (χ3v) is 4.84. The quantitative estimate of drug-likeness (QED) is 0.554. The minimum absolute atomic E-state index is 0.120. The van der Waals surface area contributed by atoms with Crippen molar-refractivity contribution in [1.82, 2.24) is 14.7 Å². The fourth-order valence-electron chi connectivity index (χ4n) is 3.20. The monoisotopic (exact) mass is 393 g/mol. The maximum atomic E-state index is 12.7. The van der Waals surface area contributed by atoms with Crippen LogP contribution in [0.5, 0.6) is 11.5 Å². The molecule has 152 valence electrons. The van der Waals surface area contributed by atoms with Crippen molar-refractivity contribution in [2.45, 2.75) is 26.3 Å². The topological polar surface area (TPSA) is 56.6 Å². The largest absolute Gasteiger partial charge is 0.493 e. The number of nitrogens with zero attached hydrogens (tertiary/aromatic N) is 3. The molecule has 0 aliphatic heterocycles. The number of benzene rings is 2. The van der Waals surface area contributed by atoms with Gasteiger partial charge in [-0.3, -0.25) is 4.79 Å². The molecule has 1 heterocycles. The lowest BCUT2D eigenvalue weighted by molar-refractivity contribution is -0.131. The molecule has 0 aliphatic rings. The van der Waals surface area contributed by atoms with E-state index < -0.39 is 0 Å². The third-order valence-electron chi connectivity index (χ3n) is 4.84. The lowest BCUT2D eigenvalue weighted by Gasteiger charge is -2.21. The predicted molar refractivity (Wildman–Crippen MR) is 113 cm³/mol. The Labute approximate surface area is 171 Å². The molecule has 6 nitrogen and oxygen atoms in total. The first-order valence-corrected chi connectivity index (χ1v) is 9.72. The van der Waals surface area contributed by atoms with Crippen LogP contribution in [-0.2, 0) is 17.8 Å². The van der Waals surface area contributed by atoms with Crippen molar-refractivity contribution in [3.63, 3.8) is 0 Å². The second-order valence-electron chi connectivity index (χ2n) is 6.73. The molecule has 0 spiro atoms. The van der Waals surface area contributed by atoms with Crippen molar-refractivity contribution in [2.75, 3.05) is 20.8 Å². The van der Waals surface area contributed by atoms with Gasteiger partial charge >= 0.3 is 0 Å². The maximum absolute atomic E-state index is 12.7. The number of hydrogen-bond acceptors (Lipinski definition) is 4. The highest BCUT2D eigenvalue weighted by Gasteiger charge is 2.14. The smallest absolute Gasteiger partial charge is 0.223 e. The van der Waals surface area contributed by atoms with Crippen LogP contribution < -0.4 is 9.47 Å². The van der Waals surface area contributed by atoms with E-state index in [2.05, 4.69) is 5.10 Å². The van der Waals surface area contributed by atoms with Gasteiger partial charge in [-0.2, -0.15) is 5.10 Å². The molecule has 3 aromatic rings. The number of methoxy groups -OCH3 is 2. The van der Waals surface area contributed by atoms with Gasteiger partial charge in [0.1, 0.15) is 0 Å². The molecule has 1 amide bonds. The first-order chi connectivity index (χ1) is 14.1. The number of hydrogen-bond donors (Lipinski definition) is 0. The van der Waals surface area contributed by atoms with Crippen LogP contribution in [0.4, 0.5) is 0 Å². The number of ether oxygens (including phenoxy) is 2. The number of aromatic nitrogens is 2. The molecule has 0 radical (unpaired) electrons. The molecule has 0 atom stereocenters.